The van der Waals surface area contributed by atoms with E-state index < -0.39 is 0 Å². The molecule has 12 rings (SSSR count). The van der Waals surface area contributed by atoms with E-state index in [1.807, 2.05) is 48.5 Å². The van der Waals surface area contributed by atoms with Crippen LogP contribution in [0.5, 0.6) is 0 Å². The normalized spacial score (nSPS) is 13.0. The van der Waals surface area contributed by atoms with Crippen molar-refractivity contribution in [1.82, 2.24) is 9.97 Å². The molecule has 3 aromatic heterocycles. The minimum Gasteiger partial charge on any atom is -0.456 e. The van der Waals surface area contributed by atoms with Crippen LogP contribution in [0.25, 0.3) is 118 Å². The van der Waals surface area contributed by atoms with Gasteiger partial charge in [-0.1, -0.05) is 154 Å². The van der Waals surface area contributed by atoms with Gasteiger partial charge in [-0.3, -0.25) is 0 Å². The Morgan fingerprint density at radius 3 is 1.88 bits per heavy atom. The van der Waals surface area contributed by atoms with Gasteiger partial charge in [0.05, 0.1) is 11.4 Å². The van der Waals surface area contributed by atoms with Crippen molar-refractivity contribution in [2.24, 2.45) is 0 Å². The Hall–Kier alpha value is -8.34. The standard InChI is InChI=1S/C62H44N2O2/c1-5-57-51(49-18-10-13-21-58(49)65-57)31-38(2)44-32-45(42-28-30-60-52(35-42)50-19-11-14-22-59(50)66-60)34-46(33-44)56-37-55(63-61(64-56)41-15-7-6-8-16-41)40-25-23-39(24-26-40)43-27-29-48-47-17-9-12-20-53(47)62(3,4)54(48)36-43/h5-37H,1H2,2-4H3/b38-31+. The summed E-state index contributed by atoms with van der Waals surface area (Å²) in [6.45, 7) is 10.9. The van der Waals surface area contributed by atoms with E-state index in [0.29, 0.717) is 5.82 Å². The molecule has 0 unspecified atom stereocenters. The zero-order chi connectivity index (χ0) is 44.5. The van der Waals surface area contributed by atoms with Crippen LogP contribution in [0.3, 0.4) is 0 Å². The zero-order valence-electron chi connectivity index (χ0n) is 37.0. The van der Waals surface area contributed by atoms with Gasteiger partial charge in [0.1, 0.15) is 22.5 Å². The van der Waals surface area contributed by atoms with Crippen LogP contribution in [0, 0.1) is 0 Å². The van der Waals surface area contributed by atoms with Crippen LogP contribution in [0.4, 0.5) is 0 Å². The minimum absolute atomic E-state index is 0.0683. The number of furan rings is 2. The monoisotopic (exact) mass is 848 g/mol. The molecule has 0 saturated heterocycles. The van der Waals surface area contributed by atoms with Crippen molar-refractivity contribution in [1.29, 1.82) is 0 Å². The molecule has 0 aliphatic heterocycles. The first-order valence-electron chi connectivity index (χ1n) is 22.5. The molecule has 66 heavy (non-hydrogen) atoms. The molecule has 314 valence electrons. The molecule has 0 radical (unpaired) electrons. The first kappa shape index (κ1) is 39.3. The van der Waals surface area contributed by atoms with Gasteiger partial charge in [0, 0.05) is 43.8 Å². The lowest BCUT2D eigenvalue weighted by Gasteiger charge is -2.22. The Morgan fingerprint density at radius 1 is 0.470 bits per heavy atom. The molecule has 8 aromatic carbocycles. The summed E-state index contributed by atoms with van der Waals surface area (Å²) in [6, 6.07) is 66.5. The van der Waals surface area contributed by atoms with Gasteiger partial charge < -0.3 is 8.83 Å². The van der Waals surface area contributed by atoms with Gasteiger partial charge in [0.15, 0.2) is 5.82 Å². The van der Waals surface area contributed by atoms with Crippen molar-refractivity contribution in [2.75, 3.05) is 0 Å². The molecular weight excluding hydrogens is 805 g/mol. The summed E-state index contributed by atoms with van der Waals surface area (Å²) in [5.41, 5.74) is 20.2. The number of nitrogens with zero attached hydrogens (tertiary/aromatic N) is 2. The molecule has 0 saturated carbocycles. The molecule has 0 amide bonds. The van der Waals surface area contributed by atoms with E-state index in [1.165, 1.54) is 27.8 Å². The van der Waals surface area contributed by atoms with Crippen LogP contribution >= 0.6 is 0 Å². The summed E-state index contributed by atoms with van der Waals surface area (Å²) >= 11 is 0. The van der Waals surface area contributed by atoms with Gasteiger partial charge in [-0.2, -0.15) is 0 Å². The first-order valence-corrected chi connectivity index (χ1v) is 22.5. The topological polar surface area (TPSA) is 52.1 Å². The number of allylic oxidation sites excluding steroid dienone is 1. The maximum atomic E-state index is 6.25. The minimum atomic E-state index is -0.0683. The Balaban J connectivity index is 0.998. The van der Waals surface area contributed by atoms with Crippen molar-refractivity contribution in [3.8, 4) is 67.3 Å². The summed E-state index contributed by atoms with van der Waals surface area (Å²) in [5.74, 6) is 1.41. The van der Waals surface area contributed by atoms with E-state index in [0.717, 1.165) is 100 Å². The number of benzene rings is 8. The van der Waals surface area contributed by atoms with Crippen LogP contribution in [0.1, 0.15) is 48.8 Å². The van der Waals surface area contributed by atoms with Crippen LogP contribution < -0.4 is 0 Å². The second-order valence-electron chi connectivity index (χ2n) is 17.9. The van der Waals surface area contributed by atoms with Crippen molar-refractivity contribution >= 4 is 50.6 Å². The third-order valence-electron chi connectivity index (χ3n) is 13.5. The number of aromatic nitrogens is 2. The number of hydrogen-bond acceptors (Lipinski definition) is 4. The molecule has 0 N–H and O–H groups in total. The molecule has 0 atom stereocenters. The fourth-order valence-corrected chi connectivity index (χ4v) is 9.94. The van der Waals surface area contributed by atoms with Crippen LogP contribution in [-0.4, -0.2) is 9.97 Å². The lowest BCUT2D eigenvalue weighted by molar-refractivity contribution is 0.603. The molecule has 3 heterocycles. The maximum Gasteiger partial charge on any atom is 0.160 e. The molecular formula is C62H44N2O2. The zero-order valence-corrected chi connectivity index (χ0v) is 37.0. The fourth-order valence-electron chi connectivity index (χ4n) is 9.94. The Morgan fingerprint density at radius 2 is 1.08 bits per heavy atom. The number of hydrogen-bond donors (Lipinski definition) is 0. The van der Waals surface area contributed by atoms with E-state index in [4.69, 9.17) is 18.8 Å². The third-order valence-corrected chi connectivity index (χ3v) is 13.5. The van der Waals surface area contributed by atoms with E-state index in [2.05, 4.69) is 173 Å². The third kappa shape index (κ3) is 6.61. The summed E-state index contributed by atoms with van der Waals surface area (Å²) in [6.07, 6.45) is 4.00. The maximum absolute atomic E-state index is 6.25. The van der Waals surface area contributed by atoms with Gasteiger partial charge in [-0.15, -0.1) is 0 Å². The first-order chi connectivity index (χ1) is 32.3. The van der Waals surface area contributed by atoms with Gasteiger partial charge in [-0.25, -0.2) is 9.97 Å². The van der Waals surface area contributed by atoms with Crippen molar-refractivity contribution < 1.29 is 8.83 Å². The van der Waals surface area contributed by atoms with Crippen LogP contribution in [-0.2, 0) is 5.41 Å². The number of rotatable bonds is 8. The highest BCUT2D eigenvalue weighted by Gasteiger charge is 2.35. The Labute approximate surface area is 383 Å². The molecule has 0 bridgehead atoms. The summed E-state index contributed by atoms with van der Waals surface area (Å²) < 4.78 is 12.5. The average molecular weight is 849 g/mol. The second kappa shape index (κ2) is 15.4. The van der Waals surface area contributed by atoms with E-state index in [1.54, 1.807) is 6.08 Å². The Kier molecular flexibility index (Phi) is 9.18. The van der Waals surface area contributed by atoms with E-state index in [9.17, 15) is 0 Å². The average Bonchev–Trinajstić information content (AvgIpc) is 4.00. The molecule has 11 aromatic rings. The molecule has 4 heteroatoms. The summed E-state index contributed by atoms with van der Waals surface area (Å²) in [7, 11) is 0. The molecule has 4 nitrogen and oxygen atoms in total. The smallest absolute Gasteiger partial charge is 0.160 e. The highest BCUT2D eigenvalue weighted by atomic mass is 16.3. The van der Waals surface area contributed by atoms with Gasteiger partial charge >= 0.3 is 0 Å². The highest BCUT2D eigenvalue weighted by molar-refractivity contribution is 6.06. The van der Waals surface area contributed by atoms with Gasteiger partial charge in [0.25, 0.3) is 0 Å². The van der Waals surface area contributed by atoms with Crippen molar-refractivity contribution in [3.63, 3.8) is 0 Å². The quantitative estimate of drug-likeness (QED) is 0.153. The Bertz CT molecular complexity index is 3750. The van der Waals surface area contributed by atoms with Crippen LogP contribution in [0.2, 0.25) is 0 Å². The SMILES string of the molecule is C=Cc1oc2ccccc2c1/C=C(\C)c1cc(-c2ccc3oc4ccccc4c3c2)cc(-c2cc(-c3ccc(-c4ccc5c(c4)C(C)(C)c4ccccc4-5)cc3)nc(-c3ccccc3)n2)c1. The van der Waals surface area contributed by atoms with E-state index in [-0.39, 0.29) is 5.41 Å². The molecule has 1 aliphatic carbocycles. The largest absolute Gasteiger partial charge is 0.456 e. The molecule has 0 fully saturated rings. The molecule has 1 aliphatic rings. The van der Waals surface area contributed by atoms with Gasteiger partial charge in [0.2, 0.25) is 0 Å². The van der Waals surface area contributed by atoms with Crippen LogP contribution in [0.15, 0.2) is 203 Å². The lowest BCUT2D eigenvalue weighted by atomic mass is 9.81. The van der Waals surface area contributed by atoms with Crippen molar-refractivity contribution in [2.45, 2.75) is 26.2 Å². The lowest BCUT2D eigenvalue weighted by Crippen LogP contribution is -2.14. The van der Waals surface area contributed by atoms with E-state index >= 15 is 0 Å². The highest BCUT2D eigenvalue weighted by Crippen LogP contribution is 2.49. The van der Waals surface area contributed by atoms with Gasteiger partial charge in [-0.05, 0) is 129 Å². The van der Waals surface area contributed by atoms with Crippen molar-refractivity contribution in [3.05, 3.63) is 223 Å². The predicted molar refractivity (Wildman–Crippen MR) is 274 cm³/mol. The summed E-state index contributed by atoms with van der Waals surface area (Å²) in [5, 5.41) is 3.22. The summed E-state index contributed by atoms with van der Waals surface area (Å²) in [4.78, 5) is 10.5. The predicted octanol–water partition coefficient (Wildman–Crippen LogP) is 17.0. The molecule has 0 spiro atoms. The number of para-hydroxylation sites is 2. The second-order valence-corrected chi connectivity index (χ2v) is 17.9. The fraction of sp³-hybridized carbons (Fsp3) is 0.0645. The number of fused-ring (bicyclic) bond motifs is 7.